The highest BCUT2D eigenvalue weighted by atomic mass is 19.4. The lowest BCUT2D eigenvalue weighted by Gasteiger charge is -2.32. The van der Waals surface area contributed by atoms with Gasteiger partial charge < -0.3 is 52.1 Å². The summed E-state index contributed by atoms with van der Waals surface area (Å²) < 4.78 is 39.0. The van der Waals surface area contributed by atoms with Gasteiger partial charge in [-0.15, -0.1) is 0 Å². The number of alkyl halides is 3. The van der Waals surface area contributed by atoms with Crippen LogP contribution in [0.3, 0.4) is 0 Å². The number of rotatable bonds is 7. The number of hydrogen-bond acceptors (Lipinski definition) is 8. The molecule has 2 aromatic heterocycles. The van der Waals surface area contributed by atoms with E-state index < -0.39 is 23.9 Å². The van der Waals surface area contributed by atoms with Gasteiger partial charge in [-0.2, -0.15) is 13.2 Å². The van der Waals surface area contributed by atoms with E-state index in [1.807, 2.05) is 82.8 Å². The molecule has 394 valence electrons. The molecule has 78 heavy (non-hydrogen) atoms. The predicted octanol–water partition coefficient (Wildman–Crippen LogP) is 9.34. The number of anilines is 2. The van der Waals surface area contributed by atoms with Crippen LogP contribution in [-0.4, -0.2) is 132 Å². The van der Waals surface area contributed by atoms with Crippen LogP contribution in [0.25, 0.3) is 87.4 Å². The summed E-state index contributed by atoms with van der Waals surface area (Å²) in [6.45, 7) is 5.98. The number of nitrogens with one attached hydrogen (secondary N) is 3. The summed E-state index contributed by atoms with van der Waals surface area (Å²) >= 11 is 0. The van der Waals surface area contributed by atoms with Crippen molar-refractivity contribution in [2.45, 2.75) is 6.18 Å². The van der Waals surface area contributed by atoms with E-state index in [9.17, 15) is 37.1 Å². The highest BCUT2D eigenvalue weighted by molar-refractivity contribution is 6.24. The van der Waals surface area contributed by atoms with Gasteiger partial charge in [0.2, 0.25) is 0 Å². The Morgan fingerprint density at radius 3 is 1.35 bits per heavy atom. The van der Waals surface area contributed by atoms with Crippen LogP contribution < -0.4 is 22.5 Å². The molecule has 9 N–H and O–H groups in total. The Labute approximate surface area is 444 Å². The standard InChI is InChI=1S/C31H26F3N5O3.C29H27N5O2/c1-38-12-14-39(15-13-38)29(41)17-6-7-22-25(16-17)36-27-23(28(35)40)9-8-21(26(22)27)19-10-11-24(37-30(42)31(32,33)34)20-5-3-2-4-18(19)20;1-33-12-14-34(15-13-33)29(36)17-6-7-22-25(16-17)32-27-23(28(31)35)9-8-21(26(22)27)19-10-11-24(30)20-5-3-2-4-18(19)20/h2-11,16,36H,12-15H2,1H3,(H2,35,40)(H,37,42);2-11,16,32H,12-15,30H2,1H3,(H2,31,35). The zero-order valence-electron chi connectivity index (χ0n) is 42.6. The molecule has 2 fully saturated rings. The third-order valence-corrected chi connectivity index (χ3v) is 15.1. The minimum atomic E-state index is -5.04. The Hall–Kier alpha value is -9.26. The number of aromatic amines is 2. The van der Waals surface area contributed by atoms with E-state index in [0.29, 0.717) is 92.4 Å². The number of halogens is 3. The van der Waals surface area contributed by atoms with Crippen molar-refractivity contribution in [2.24, 2.45) is 11.5 Å². The van der Waals surface area contributed by atoms with Crippen molar-refractivity contribution in [1.82, 2.24) is 29.6 Å². The summed E-state index contributed by atoms with van der Waals surface area (Å²) in [5.74, 6) is -3.27. The molecule has 18 heteroatoms. The molecule has 0 spiro atoms. The van der Waals surface area contributed by atoms with Crippen LogP contribution in [0.5, 0.6) is 0 Å². The van der Waals surface area contributed by atoms with Crippen LogP contribution in [0.1, 0.15) is 41.4 Å². The van der Waals surface area contributed by atoms with Crippen LogP contribution in [0.2, 0.25) is 0 Å². The molecule has 0 unspecified atom stereocenters. The number of fused-ring (bicyclic) bond motifs is 8. The van der Waals surface area contributed by atoms with Crippen LogP contribution in [0.15, 0.2) is 133 Å². The fourth-order valence-corrected chi connectivity index (χ4v) is 10.9. The minimum absolute atomic E-state index is 0.0172. The summed E-state index contributed by atoms with van der Waals surface area (Å²) in [7, 11) is 4.08. The lowest BCUT2D eigenvalue weighted by molar-refractivity contribution is -0.167. The summed E-state index contributed by atoms with van der Waals surface area (Å²) in [5, 5.41) is 8.24. The fraction of sp³-hybridized carbons (Fsp3) is 0.183. The number of amides is 5. The van der Waals surface area contributed by atoms with Gasteiger partial charge in [0, 0.05) is 118 Å². The van der Waals surface area contributed by atoms with E-state index in [0.717, 1.165) is 69.8 Å². The van der Waals surface area contributed by atoms with Gasteiger partial charge in [-0.05, 0) is 95.7 Å². The van der Waals surface area contributed by atoms with Crippen LogP contribution >= 0.6 is 0 Å². The molecule has 15 nitrogen and oxygen atoms in total. The first-order valence-electron chi connectivity index (χ1n) is 25.3. The summed E-state index contributed by atoms with van der Waals surface area (Å²) in [4.78, 5) is 77.7. The van der Waals surface area contributed by atoms with Crippen molar-refractivity contribution < 1.29 is 37.1 Å². The van der Waals surface area contributed by atoms with Gasteiger partial charge >= 0.3 is 12.1 Å². The molecule has 2 aliphatic rings. The second kappa shape index (κ2) is 20.0. The first-order chi connectivity index (χ1) is 37.4. The lowest BCUT2D eigenvalue weighted by atomic mass is 9.92. The zero-order chi connectivity index (χ0) is 54.7. The van der Waals surface area contributed by atoms with E-state index >= 15 is 0 Å². The highest BCUT2D eigenvalue weighted by Gasteiger charge is 2.39. The molecule has 5 amide bonds. The smallest absolute Gasteiger partial charge is 0.398 e. The summed E-state index contributed by atoms with van der Waals surface area (Å²) in [6, 6.07) is 39.9. The molecule has 10 aromatic rings. The maximum absolute atomic E-state index is 13.3. The lowest BCUT2D eigenvalue weighted by Crippen LogP contribution is -2.47. The SMILES string of the molecule is CN1CCN(C(=O)c2ccc3c(c2)[nH]c2c(C(N)=O)ccc(-c4ccc(N)c5ccccc45)c23)CC1.CN1CCN(C(=O)c2ccc3c(c2)[nH]c2c(C(N)=O)ccc(-c4ccc(NC(=O)C(F)(F)F)c5ccccc45)c23)CC1. The van der Waals surface area contributed by atoms with Crippen molar-refractivity contribution in [1.29, 1.82) is 0 Å². The first kappa shape index (κ1) is 50.9. The number of H-pyrrole nitrogens is 2. The van der Waals surface area contributed by atoms with Gasteiger partial charge in [0.25, 0.3) is 23.6 Å². The van der Waals surface area contributed by atoms with Gasteiger partial charge in [0.1, 0.15) is 0 Å². The second-order valence-electron chi connectivity index (χ2n) is 19.9. The first-order valence-corrected chi connectivity index (χ1v) is 25.3. The van der Waals surface area contributed by atoms with Crippen LogP contribution in [0, 0.1) is 0 Å². The average molecular weight is 1050 g/mol. The molecular weight excluding hydrogens is 998 g/mol. The number of carbonyl (C=O) groups is 5. The van der Waals surface area contributed by atoms with Gasteiger partial charge in [-0.25, -0.2) is 0 Å². The predicted molar refractivity (Wildman–Crippen MR) is 300 cm³/mol. The van der Waals surface area contributed by atoms with E-state index in [4.69, 9.17) is 17.2 Å². The molecule has 2 saturated heterocycles. The number of aromatic nitrogens is 2. The summed E-state index contributed by atoms with van der Waals surface area (Å²) in [6.07, 6.45) is -5.04. The molecular formula is C60H53F3N10O5. The second-order valence-corrected chi connectivity index (χ2v) is 19.9. The average Bonchev–Trinajstić information content (AvgIpc) is 4.19. The van der Waals surface area contributed by atoms with Crippen molar-refractivity contribution >= 4 is 106 Å². The molecule has 0 saturated carbocycles. The number of nitrogens with zero attached hydrogens (tertiary/aromatic N) is 4. The van der Waals surface area contributed by atoms with Crippen LogP contribution in [-0.2, 0) is 4.79 Å². The quantitative estimate of drug-likeness (QED) is 0.0843. The monoisotopic (exact) mass is 1050 g/mol. The molecule has 8 aromatic carbocycles. The molecule has 0 atom stereocenters. The van der Waals surface area contributed by atoms with Gasteiger partial charge in [0.05, 0.1) is 22.2 Å². The molecule has 2 aliphatic heterocycles. The van der Waals surface area contributed by atoms with Gasteiger partial charge in [-0.1, -0.05) is 84.9 Å². The van der Waals surface area contributed by atoms with E-state index in [-0.39, 0.29) is 23.1 Å². The number of carbonyl (C=O) groups excluding carboxylic acids is 5. The largest absolute Gasteiger partial charge is 0.471 e. The molecule has 12 rings (SSSR count). The molecule has 0 aliphatic carbocycles. The number of nitrogen functional groups attached to an aromatic ring is 1. The van der Waals surface area contributed by atoms with Gasteiger partial charge in [0.15, 0.2) is 0 Å². The Morgan fingerprint density at radius 2 is 0.897 bits per heavy atom. The topological polar surface area (TPSA) is 220 Å². The number of piperazine rings is 2. The number of likely N-dealkylation sites (N-methyl/N-ethyl adjacent to an activating group) is 2. The number of primary amides is 2. The third kappa shape index (κ3) is 9.23. The van der Waals surface area contributed by atoms with E-state index in [1.165, 1.54) is 6.07 Å². The minimum Gasteiger partial charge on any atom is -0.398 e. The Bertz CT molecular complexity index is 4110. The zero-order valence-corrected chi connectivity index (χ0v) is 42.6. The number of hydrogen-bond donors (Lipinski definition) is 6. The Balaban J connectivity index is 0.000000167. The number of nitrogens with two attached hydrogens (primary N) is 3. The normalized spacial score (nSPS) is 14.6. The Kier molecular flexibility index (Phi) is 13.1. The Morgan fingerprint density at radius 1 is 0.487 bits per heavy atom. The maximum Gasteiger partial charge on any atom is 0.471 e. The summed E-state index contributed by atoms with van der Waals surface area (Å²) in [5.41, 5.74) is 26.2. The van der Waals surface area contributed by atoms with Gasteiger partial charge in [-0.3, -0.25) is 24.0 Å². The molecule has 0 bridgehead atoms. The van der Waals surface area contributed by atoms with Crippen molar-refractivity contribution in [3.05, 3.63) is 156 Å². The van der Waals surface area contributed by atoms with E-state index in [1.54, 1.807) is 60.7 Å². The third-order valence-electron chi connectivity index (χ3n) is 15.1. The van der Waals surface area contributed by atoms with Crippen molar-refractivity contribution in [3.63, 3.8) is 0 Å². The molecule has 4 heterocycles. The number of benzene rings is 8. The van der Waals surface area contributed by atoms with E-state index in [2.05, 4.69) is 32.9 Å². The highest BCUT2D eigenvalue weighted by Crippen LogP contribution is 2.43. The molecule has 0 radical (unpaired) electrons. The van der Waals surface area contributed by atoms with Crippen molar-refractivity contribution in [2.75, 3.05) is 77.5 Å². The maximum atomic E-state index is 13.3. The van der Waals surface area contributed by atoms with Crippen LogP contribution in [0.4, 0.5) is 24.5 Å². The van der Waals surface area contributed by atoms with Crippen molar-refractivity contribution in [3.8, 4) is 22.3 Å². The fourth-order valence-electron chi connectivity index (χ4n) is 10.9.